The Hall–Kier alpha value is -4.33. The highest BCUT2D eigenvalue weighted by Crippen LogP contribution is 2.28. The van der Waals surface area contributed by atoms with Crippen molar-refractivity contribution in [1.82, 2.24) is 5.43 Å². The highest BCUT2D eigenvalue weighted by Gasteiger charge is 2.13. The first kappa shape index (κ1) is 23.3. The van der Waals surface area contributed by atoms with E-state index in [1.807, 2.05) is 6.92 Å². The molecule has 170 valence electrons. The Morgan fingerprint density at radius 3 is 2.33 bits per heavy atom. The molecule has 2 N–H and O–H groups in total. The number of carbonyl (C=O) groups is 2. The lowest BCUT2D eigenvalue weighted by atomic mass is 10.2. The fraction of sp³-hybridized carbons (Fsp3) is 0.160. The number of nitrogens with one attached hydrogen (secondary N) is 1. The topological polar surface area (TPSA) is 106 Å². The number of methoxy groups -OCH3 is 1. The average Bonchev–Trinajstić information content (AvgIpc) is 2.84. The molecular weight excluding hydrogens is 424 g/mol. The van der Waals surface area contributed by atoms with Crippen LogP contribution in [0.2, 0.25) is 0 Å². The number of rotatable bonds is 9. The van der Waals surface area contributed by atoms with Crippen molar-refractivity contribution in [3.05, 3.63) is 83.4 Å². The van der Waals surface area contributed by atoms with Crippen molar-refractivity contribution in [2.75, 3.05) is 13.7 Å². The number of esters is 1. The van der Waals surface area contributed by atoms with E-state index in [2.05, 4.69) is 10.5 Å². The lowest BCUT2D eigenvalue weighted by molar-refractivity contribution is 0.0729. The number of hydrogen-bond donors (Lipinski definition) is 2. The van der Waals surface area contributed by atoms with E-state index in [9.17, 15) is 14.7 Å². The van der Waals surface area contributed by atoms with Crippen molar-refractivity contribution in [1.29, 1.82) is 0 Å². The van der Waals surface area contributed by atoms with Gasteiger partial charge in [-0.3, -0.25) is 4.79 Å². The SMILES string of the molecule is CCCOc1ccc(C(=O)Oc2ccc(/C=N/NC(=O)c3ccc(O)cc3)cc2OC)cc1. The molecule has 0 aliphatic carbocycles. The number of hydrogen-bond acceptors (Lipinski definition) is 7. The Balaban J connectivity index is 1.62. The minimum absolute atomic E-state index is 0.0703. The highest BCUT2D eigenvalue weighted by atomic mass is 16.6. The molecule has 0 aromatic heterocycles. The monoisotopic (exact) mass is 448 g/mol. The second-order valence-electron chi connectivity index (χ2n) is 6.92. The first-order valence-electron chi connectivity index (χ1n) is 10.3. The van der Waals surface area contributed by atoms with Crippen LogP contribution < -0.4 is 19.6 Å². The number of nitrogens with zero attached hydrogens (tertiary/aromatic N) is 1. The summed E-state index contributed by atoms with van der Waals surface area (Å²) in [5.74, 6) is 0.389. The predicted molar refractivity (Wildman–Crippen MR) is 123 cm³/mol. The maximum absolute atomic E-state index is 12.5. The Labute approximate surface area is 191 Å². The van der Waals surface area contributed by atoms with Gasteiger partial charge in [0, 0.05) is 5.56 Å². The number of ether oxygens (including phenoxy) is 3. The number of phenols is 1. The lowest BCUT2D eigenvalue weighted by Gasteiger charge is -2.10. The van der Waals surface area contributed by atoms with E-state index in [4.69, 9.17) is 14.2 Å². The highest BCUT2D eigenvalue weighted by molar-refractivity contribution is 5.95. The summed E-state index contributed by atoms with van der Waals surface area (Å²) in [7, 11) is 1.46. The largest absolute Gasteiger partial charge is 0.508 e. The molecule has 3 rings (SSSR count). The molecule has 0 unspecified atom stereocenters. The van der Waals surface area contributed by atoms with Crippen molar-refractivity contribution in [3.8, 4) is 23.0 Å². The van der Waals surface area contributed by atoms with Crippen LogP contribution in [0.1, 0.15) is 39.6 Å². The minimum atomic E-state index is -0.530. The van der Waals surface area contributed by atoms with Crippen LogP contribution >= 0.6 is 0 Å². The lowest BCUT2D eigenvalue weighted by Crippen LogP contribution is -2.17. The molecule has 0 aliphatic heterocycles. The third-order valence-electron chi connectivity index (χ3n) is 4.46. The third-order valence-corrected chi connectivity index (χ3v) is 4.46. The Bertz CT molecular complexity index is 1120. The van der Waals surface area contributed by atoms with Crippen molar-refractivity contribution in [3.63, 3.8) is 0 Å². The summed E-state index contributed by atoms with van der Waals surface area (Å²) in [6, 6.07) is 17.4. The van der Waals surface area contributed by atoms with E-state index in [0.29, 0.717) is 34.8 Å². The second-order valence-corrected chi connectivity index (χ2v) is 6.92. The van der Waals surface area contributed by atoms with Crippen LogP contribution in [0.3, 0.4) is 0 Å². The Kier molecular flexibility index (Phi) is 8.02. The quantitative estimate of drug-likeness (QED) is 0.220. The molecule has 33 heavy (non-hydrogen) atoms. The zero-order valence-corrected chi connectivity index (χ0v) is 18.3. The summed E-state index contributed by atoms with van der Waals surface area (Å²) in [5.41, 5.74) is 3.76. The fourth-order valence-corrected chi connectivity index (χ4v) is 2.76. The van der Waals surface area contributed by atoms with E-state index in [1.165, 1.54) is 37.6 Å². The van der Waals surface area contributed by atoms with Gasteiger partial charge in [-0.1, -0.05) is 6.92 Å². The Morgan fingerprint density at radius 2 is 1.67 bits per heavy atom. The third kappa shape index (κ3) is 6.57. The maximum Gasteiger partial charge on any atom is 0.343 e. The molecule has 3 aromatic rings. The smallest absolute Gasteiger partial charge is 0.343 e. The molecule has 1 amide bonds. The second kappa shape index (κ2) is 11.3. The number of aromatic hydroxyl groups is 1. The van der Waals surface area contributed by atoms with Gasteiger partial charge in [0.15, 0.2) is 11.5 Å². The number of phenolic OH excluding ortho intramolecular Hbond substituents is 1. The Morgan fingerprint density at radius 1 is 0.970 bits per heavy atom. The number of benzene rings is 3. The van der Waals surface area contributed by atoms with Gasteiger partial charge in [0.1, 0.15) is 11.5 Å². The predicted octanol–water partition coefficient (Wildman–Crippen LogP) is 4.17. The summed E-state index contributed by atoms with van der Waals surface area (Å²) in [6.07, 6.45) is 2.33. The van der Waals surface area contributed by atoms with Crippen LogP contribution in [0.15, 0.2) is 71.8 Å². The molecule has 0 fully saturated rings. The summed E-state index contributed by atoms with van der Waals surface area (Å²) in [5, 5.41) is 13.2. The van der Waals surface area contributed by atoms with Crippen LogP contribution in [0.5, 0.6) is 23.0 Å². The normalized spacial score (nSPS) is 10.6. The molecule has 0 radical (unpaired) electrons. The number of amides is 1. The van der Waals surface area contributed by atoms with E-state index in [1.54, 1.807) is 42.5 Å². The van der Waals surface area contributed by atoms with E-state index in [-0.39, 0.29) is 11.5 Å². The summed E-state index contributed by atoms with van der Waals surface area (Å²) in [6.45, 7) is 2.63. The molecule has 8 nitrogen and oxygen atoms in total. The van der Waals surface area contributed by atoms with Crippen LogP contribution in [0, 0.1) is 0 Å². The van der Waals surface area contributed by atoms with Gasteiger partial charge in [-0.15, -0.1) is 0 Å². The summed E-state index contributed by atoms with van der Waals surface area (Å²) < 4.78 is 16.3. The van der Waals surface area contributed by atoms with Gasteiger partial charge in [-0.2, -0.15) is 5.10 Å². The molecule has 0 aliphatic rings. The first-order chi connectivity index (χ1) is 16.0. The molecular formula is C25H24N2O6. The zero-order valence-electron chi connectivity index (χ0n) is 18.3. The van der Waals surface area contributed by atoms with E-state index in [0.717, 1.165) is 6.42 Å². The van der Waals surface area contributed by atoms with Crippen LogP contribution in [-0.4, -0.2) is 36.9 Å². The van der Waals surface area contributed by atoms with Gasteiger partial charge < -0.3 is 19.3 Å². The van der Waals surface area contributed by atoms with Gasteiger partial charge >= 0.3 is 5.97 Å². The molecule has 8 heteroatoms. The van der Waals surface area contributed by atoms with Crippen LogP contribution in [-0.2, 0) is 0 Å². The number of carbonyl (C=O) groups excluding carboxylic acids is 2. The molecule has 0 heterocycles. The van der Waals surface area contributed by atoms with Gasteiger partial charge in [-0.25, -0.2) is 10.2 Å². The molecule has 0 bridgehead atoms. The van der Waals surface area contributed by atoms with Crippen LogP contribution in [0.25, 0.3) is 0 Å². The van der Waals surface area contributed by atoms with Gasteiger partial charge in [0.25, 0.3) is 5.91 Å². The first-order valence-corrected chi connectivity index (χ1v) is 10.3. The molecule has 0 saturated carbocycles. The summed E-state index contributed by atoms with van der Waals surface area (Å²) in [4.78, 5) is 24.5. The van der Waals surface area contributed by atoms with Crippen molar-refractivity contribution in [2.45, 2.75) is 13.3 Å². The van der Waals surface area contributed by atoms with Crippen LogP contribution in [0.4, 0.5) is 0 Å². The molecule has 0 spiro atoms. The number of hydrazone groups is 1. The van der Waals surface area contributed by atoms with Gasteiger partial charge in [0.2, 0.25) is 0 Å². The van der Waals surface area contributed by atoms with E-state index < -0.39 is 11.9 Å². The molecule has 0 atom stereocenters. The minimum Gasteiger partial charge on any atom is -0.508 e. The zero-order chi connectivity index (χ0) is 23.6. The molecule has 0 saturated heterocycles. The van der Waals surface area contributed by atoms with Crippen molar-refractivity contribution >= 4 is 18.1 Å². The van der Waals surface area contributed by atoms with Crippen molar-refractivity contribution in [2.24, 2.45) is 5.10 Å². The maximum atomic E-state index is 12.5. The standard InChI is InChI=1S/C25H24N2O6/c1-3-14-32-21-11-7-19(8-12-21)25(30)33-22-13-4-17(15-23(22)31-2)16-26-27-24(29)18-5-9-20(28)10-6-18/h4-13,15-16,28H,3,14H2,1-2H3,(H,27,29)/b26-16+. The van der Waals surface area contributed by atoms with E-state index >= 15 is 0 Å². The average molecular weight is 448 g/mol. The molecule has 3 aromatic carbocycles. The van der Waals surface area contributed by atoms with Gasteiger partial charge in [-0.05, 0) is 78.7 Å². The fourth-order valence-electron chi connectivity index (χ4n) is 2.76. The summed E-state index contributed by atoms with van der Waals surface area (Å²) >= 11 is 0. The van der Waals surface area contributed by atoms with Gasteiger partial charge in [0.05, 0.1) is 25.5 Å². The van der Waals surface area contributed by atoms with Crippen molar-refractivity contribution < 1.29 is 28.9 Å².